The van der Waals surface area contributed by atoms with Crippen molar-refractivity contribution in [3.8, 4) is 0 Å². The van der Waals surface area contributed by atoms with Gasteiger partial charge in [-0.05, 0) is 24.1 Å². The Hall–Kier alpha value is -5.69. The van der Waals surface area contributed by atoms with Crippen molar-refractivity contribution in [2.24, 2.45) is 11.5 Å². The monoisotopic (exact) mass is 1100 g/mol. The molecule has 0 bridgehead atoms. The molecule has 2 heterocycles. The van der Waals surface area contributed by atoms with Crippen LogP contribution in [-0.2, 0) is 87.6 Å². The summed E-state index contributed by atoms with van der Waals surface area (Å²) in [5.41, 5.74) is 11.7. The average molecular weight is 1100 g/mol. The molecule has 26 nitrogen and oxygen atoms in total. The molecule has 2 fully saturated rings. The van der Waals surface area contributed by atoms with Gasteiger partial charge in [-0.1, -0.05) is 33.7 Å². The van der Waals surface area contributed by atoms with E-state index < -0.39 is 94.6 Å². The van der Waals surface area contributed by atoms with E-state index in [0.717, 1.165) is 43.8 Å². The van der Waals surface area contributed by atoms with Gasteiger partial charge in [0.05, 0.1) is 64.5 Å². The molecular formula is C45H65N9O17S3. The van der Waals surface area contributed by atoms with Crippen molar-refractivity contribution < 1.29 is 81.2 Å². The average Bonchev–Trinajstić information content (AvgIpc) is 4.14. The number of ether oxygens (including phenoxy) is 5. The molecule has 3 rings (SSSR count). The third-order valence-corrected chi connectivity index (χ3v) is 14.5. The number of benzene rings is 1. The summed E-state index contributed by atoms with van der Waals surface area (Å²) >= 11 is 1.05. The number of anilines is 1. The lowest BCUT2D eigenvalue weighted by Crippen LogP contribution is -2.49. The highest BCUT2D eigenvalue weighted by Crippen LogP contribution is 2.65. The fraction of sp³-hybridized carbons (Fsp3) is 0.600. The van der Waals surface area contributed by atoms with Crippen molar-refractivity contribution in [1.29, 1.82) is 0 Å². The van der Waals surface area contributed by atoms with E-state index in [0.29, 0.717) is 31.9 Å². The Kier molecular flexibility index (Phi) is 29.4. The molecule has 10 N–H and O–H groups in total. The van der Waals surface area contributed by atoms with E-state index in [1.54, 1.807) is 24.3 Å². The number of carbonyl (C=O) groups is 12. The molecule has 10 amide bonds. The standard InChI is InChI=1S/C45H65N9O17S3/c1-48-36(58)8-12-49-37(59)7-4-29-2-5-30(6-3-29)52-41(63)28-71-27-40(62)51-26-31(32(55)24-35(46)57)53-39(61)11-23-72-33-25-42(64)54(43(33)65)14-9-38(60)50-13-16-68-18-20-70-22-21-69-19-17-67-15-10-34(56)45(44(47)66)73-74-45/h2-3,5-6,31,33H,4,7-28H2,1H3,(H2,46,57)(H2,47,66)(H,48,58)(H,49,59)(H,50,60)(H,51,62)(H,52,63)(H,53,61)/t31-,33?/m1/s1. The molecule has 2 aliphatic heterocycles. The van der Waals surface area contributed by atoms with Gasteiger partial charge in [0, 0.05) is 83.2 Å². The molecule has 1 aromatic rings. The normalized spacial score (nSPS) is 14.9. The Morgan fingerprint density at radius 1 is 0.689 bits per heavy atom. The van der Waals surface area contributed by atoms with Crippen molar-refractivity contribution in [2.75, 3.05) is 110 Å². The number of nitrogens with two attached hydrogens (primary N) is 2. The molecule has 1 unspecified atom stereocenters. The number of nitrogens with zero attached hydrogens (tertiary/aromatic N) is 1. The summed E-state index contributed by atoms with van der Waals surface area (Å²) in [7, 11) is 3.81. The second kappa shape index (κ2) is 34.7. The van der Waals surface area contributed by atoms with Gasteiger partial charge in [0.25, 0.3) is 5.91 Å². The van der Waals surface area contributed by atoms with Gasteiger partial charge < -0.3 is 67.1 Å². The molecule has 0 saturated carbocycles. The van der Waals surface area contributed by atoms with Gasteiger partial charge in [-0.3, -0.25) is 62.4 Å². The third-order valence-electron chi connectivity index (χ3n) is 10.4. The van der Waals surface area contributed by atoms with E-state index in [9.17, 15) is 57.5 Å². The van der Waals surface area contributed by atoms with Gasteiger partial charge in [-0.25, -0.2) is 0 Å². The van der Waals surface area contributed by atoms with E-state index in [-0.39, 0.29) is 115 Å². The summed E-state index contributed by atoms with van der Waals surface area (Å²) in [6.07, 6.45) is -0.299. The third kappa shape index (κ3) is 25.0. The molecule has 2 aliphatic rings. The first-order chi connectivity index (χ1) is 35.4. The Morgan fingerprint density at radius 3 is 1.92 bits per heavy atom. The largest absolute Gasteiger partial charge is 0.379 e. The zero-order chi connectivity index (χ0) is 54.3. The minimum absolute atomic E-state index is 0.0649. The van der Waals surface area contributed by atoms with Gasteiger partial charge in [0.2, 0.25) is 57.2 Å². The first kappa shape index (κ1) is 62.6. The van der Waals surface area contributed by atoms with E-state index >= 15 is 0 Å². The molecular weight excluding hydrogens is 1030 g/mol. The quantitative estimate of drug-likeness (QED) is 0.0108. The zero-order valence-electron chi connectivity index (χ0n) is 41.0. The van der Waals surface area contributed by atoms with Crippen LogP contribution in [0.3, 0.4) is 0 Å². The van der Waals surface area contributed by atoms with Crippen LogP contribution in [0.25, 0.3) is 0 Å². The lowest BCUT2D eigenvalue weighted by molar-refractivity contribution is -0.139. The van der Waals surface area contributed by atoms with E-state index in [4.69, 9.17) is 35.2 Å². The summed E-state index contributed by atoms with van der Waals surface area (Å²) in [6, 6.07) is 5.37. The van der Waals surface area contributed by atoms with E-state index in [1.807, 2.05) is 0 Å². The lowest BCUT2D eigenvalue weighted by Gasteiger charge is -2.18. The van der Waals surface area contributed by atoms with Crippen LogP contribution in [0.4, 0.5) is 5.69 Å². The van der Waals surface area contributed by atoms with Crippen molar-refractivity contribution in [2.45, 2.75) is 66.7 Å². The van der Waals surface area contributed by atoms with Gasteiger partial charge in [0.1, 0.15) is 19.3 Å². The predicted octanol–water partition coefficient (Wildman–Crippen LogP) is -2.77. The summed E-state index contributed by atoms with van der Waals surface area (Å²) in [5.74, 6) is -6.31. The van der Waals surface area contributed by atoms with Crippen LogP contribution >= 0.6 is 33.3 Å². The fourth-order valence-corrected chi connectivity index (χ4v) is 9.43. The number of ketones is 2. The zero-order valence-corrected chi connectivity index (χ0v) is 43.4. The molecule has 0 aliphatic carbocycles. The summed E-state index contributed by atoms with van der Waals surface area (Å²) in [6.45, 7) is 0.842. The van der Waals surface area contributed by atoms with Gasteiger partial charge in [-0.2, -0.15) is 0 Å². The number of imide groups is 1. The van der Waals surface area contributed by atoms with Gasteiger partial charge >= 0.3 is 0 Å². The number of aryl methyl sites for hydroxylation is 1. The van der Waals surface area contributed by atoms with Gasteiger partial charge in [-0.15, -0.1) is 11.8 Å². The van der Waals surface area contributed by atoms with Crippen LogP contribution < -0.4 is 43.4 Å². The number of likely N-dealkylation sites (tertiary alicyclic amines) is 1. The molecule has 2 saturated heterocycles. The summed E-state index contributed by atoms with van der Waals surface area (Å²) < 4.78 is 25.6. The van der Waals surface area contributed by atoms with Crippen molar-refractivity contribution in [3.05, 3.63) is 29.8 Å². The Balaban J connectivity index is 1.22. The van der Waals surface area contributed by atoms with Crippen LogP contribution in [0.15, 0.2) is 24.3 Å². The first-order valence-corrected chi connectivity index (χ1v) is 26.7. The van der Waals surface area contributed by atoms with Crippen molar-refractivity contribution in [3.63, 3.8) is 0 Å². The SMILES string of the molecule is CNC(=O)CCNC(=O)CCc1ccc(NC(=O)COCC(=O)NC[C@@H](NC(=O)CCSC2CC(=O)N(CCC(=O)NCCOCCOCCOCCOCCC(=O)C3(C(N)=O)SS3)C2=O)C(=O)CC(N)=O)cc1. The summed E-state index contributed by atoms with van der Waals surface area (Å²) in [5, 5.41) is 14.5. The minimum Gasteiger partial charge on any atom is -0.379 e. The second-order valence-corrected chi connectivity index (χ2v) is 20.2. The Morgan fingerprint density at radius 2 is 1.30 bits per heavy atom. The molecule has 410 valence electrons. The predicted molar refractivity (Wildman–Crippen MR) is 269 cm³/mol. The molecule has 1 aromatic carbocycles. The molecule has 0 radical (unpaired) electrons. The first-order valence-electron chi connectivity index (χ1n) is 23.5. The number of rotatable bonds is 41. The fourth-order valence-electron chi connectivity index (χ4n) is 6.37. The van der Waals surface area contributed by atoms with Crippen LogP contribution in [0.2, 0.25) is 0 Å². The van der Waals surface area contributed by atoms with Gasteiger partial charge in [0.15, 0.2) is 11.6 Å². The number of hydrogen-bond donors (Lipinski definition) is 8. The highest BCUT2D eigenvalue weighted by atomic mass is 33.2. The molecule has 0 aromatic heterocycles. The summed E-state index contributed by atoms with van der Waals surface area (Å²) in [4.78, 5) is 148. The Labute approximate surface area is 439 Å². The number of carbonyl (C=O) groups excluding carboxylic acids is 12. The molecule has 29 heteroatoms. The molecule has 2 atom stereocenters. The number of amides is 10. The van der Waals surface area contributed by atoms with Crippen molar-refractivity contribution >= 4 is 110 Å². The highest BCUT2D eigenvalue weighted by molar-refractivity contribution is 8.94. The van der Waals surface area contributed by atoms with E-state index in [2.05, 4.69) is 31.9 Å². The number of Topliss-reactive ketones (excluding diaryl/α,β-unsaturated/α-hetero) is 2. The van der Waals surface area contributed by atoms with E-state index in [1.165, 1.54) is 7.05 Å². The van der Waals surface area contributed by atoms with Crippen LogP contribution in [0.5, 0.6) is 0 Å². The number of hydrogen-bond acceptors (Lipinski definition) is 20. The number of primary amides is 2. The topological polar surface area (TPSA) is 378 Å². The molecule has 0 spiro atoms. The maximum absolute atomic E-state index is 13.0. The maximum Gasteiger partial charge on any atom is 0.253 e. The smallest absolute Gasteiger partial charge is 0.253 e. The lowest BCUT2D eigenvalue weighted by atomic mass is 10.1. The maximum atomic E-state index is 13.0. The number of thioether (sulfide) groups is 1. The van der Waals surface area contributed by atoms with Crippen LogP contribution in [0.1, 0.15) is 50.5 Å². The van der Waals surface area contributed by atoms with Crippen LogP contribution in [0, 0.1) is 0 Å². The van der Waals surface area contributed by atoms with Crippen LogP contribution in [-0.4, -0.2) is 196 Å². The van der Waals surface area contributed by atoms with Crippen molar-refractivity contribution in [1.82, 2.24) is 31.5 Å². The molecule has 74 heavy (non-hydrogen) atoms. The highest BCUT2D eigenvalue weighted by Gasteiger charge is 2.58. The minimum atomic E-state index is -1.35. The number of nitrogens with one attached hydrogen (secondary N) is 6. The Bertz CT molecular complexity index is 2120. The second-order valence-electron chi connectivity index (χ2n) is 16.1.